The Labute approximate surface area is 171 Å². The minimum Gasteiger partial charge on any atom is -0.396 e. The summed E-state index contributed by atoms with van der Waals surface area (Å²) in [6.45, 7) is 9.61. The van der Waals surface area contributed by atoms with Gasteiger partial charge in [0.1, 0.15) is 17.5 Å². The van der Waals surface area contributed by atoms with Gasteiger partial charge in [-0.05, 0) is 31.5 Å². The Morgan fingerprint density at radius 2 is 1.75 bits per heavy atom. The molecular formula is C20H18Cl2F3N3. The zero-order valence-corrected chi connectivity index (χ0v) is 16.5. The average Bonchev–Trinajstić information content (AvgIpc) is 3.24. The van der Waals surface area contributed by atoms with E-state index in [1.165, 1.54) is 6.07 Å². The Morgan fingerprint density at radius 1 is 1.11 bits per heavy atom. The first-order chi connectivity index (χ1) is 13.0. The van der Waals surface area contributed by atoms with E-state index < -0.39 is 17.5 Å². The van der Waals surface area contributed by atoms with E-state index in [2.05, 4.69) is 23.8 Å². The van der Waals surface area contributed by atoms with E-state index in [1.807, 2.05) is 6.92 Å². The van der Waals surface area contributed by atoms with Gasteiger partial charge in [0, 0.05) is 34.6 Å². The van der Waals surface area contributed by atoms with Gasteiger partial charge in [-0.15, -0.1) is 11.6 Å². The zero-order chi connectivity index (χ0) is 20.8. The van der Waals surface area contributed by atoms with Crippen LogP contribution in [0.2, 0.25) is 5.02 Å². The monoisotopic (exact) mass is 427 g/mol. The van der Waals surface area contributed by atoms with Crippen molar-refractivity contribution >= 4 is 46.0 Å². The molecule has 0 heterocycles. The SMILES string of the molecule is C=C(Nc1cc(N)c(F)cc1F)c1cc(NC(=C)C2CC2(C)Cl)cc(F)c1Cl. The Balaban J connectivity index is 1.85. The zero-order valence-electron chi connectivity index (χ0n) is 15.0. The van der Waals surface area contributed by atoms with Crippen LogP contribution in [-0.4, -0.2) is 4.87 Å². The lowest BCUT2D eigenvalue weighted by Crippen LogP contribution is -2.07. The molecule has 0 aromatic heterocycles. The molecule has 1 aliphatic carbocycles. The molecule has 0 spiro atoms. The number of nitrogen functional groups attached to an aromatic ring is 1. The lowest BCUT2D eigenvalue weighted by Gasteiger charge is -2.16. The van der Waals surface area contributed by atoms with Crippen LogP contribution in [0, 0.1) is 23.4 Å². The molecule has 0 radical (unpaired) electrons. The number of hydrogen-bond donors (Lipinski definition) is 3. The molecule has 2 unspecified atom stereocenters. The highest BCUT2D eigenvalue weighted by atomic mass is 35.5. The highest BCUT2D eigenvalue weighted by Gasteiger charge is 2.50. The van der Waals surface area contributed by atoms with Crippen LogP contribution in [0.1, 0.15) is 18.9 Å². The fourth-order valence-corrected chi connectivity index (χ4v) is 3.38. The maximum Gasteiger partial charge on any atom is 0.149 e. The molecule has 2 aromatic rings. The molecule has 1 fully saturated rings. The predicted octanol–water partition coefficient (Wildman–Crippen LogP) is 6.37. The molecule has 0 aliphatic heterocycles. The van der Waals surface area contributed by atoms with Crippen molar-refractivity contribution in [2.75, 3.05) is 16.4 Å². The van der Waals surface area contributed by atoms with Crippen LogP contribution in [0.15, 0.2) is 43.1 Å². The number of allylic oxidation sites excluding steroid dienone is 1. The first kappa shape index (κ1) is 20.4. The molecule has 2 aromatic carbocycles. The van der Waals surface area contributed by atoms with Crippen molar-refractivity contribution in [2.24, 2.45) is 5.92 Å². The van der Waals surface area contributed by atoms with Gasteiger partial charge < -0.3 is 16.4 Å². The average molecular weight is 428 g/mol. The molecule has 28 heavy (non-hydrogen) atoms. The summed E-state index contributed by atoms with van der Waals surface area (Å²) >= 11 is 12.3. The van der Waals surface area contributed by atoms with E-state index >= 15 is 0 Å². The maximum atomic E-state index is 14.3. The second kappa shape index (κ2) is 7.26. The predicted molar refractivity (Wildman–Crippen MR) is 110 cm³/mol. The maximum absolute atomic E-state index is 14.3. The molecule has 148 valence electrons. The van der Waals surface area contributed by atoms with Gasteiger partial charge in [0.25, 0.3) is 0 Å². The van der Waals surface area contributed by atoms with Crippen molar-refractivity contribution < 1.29 is 13.2 Å². The number of alkyl halides is 1. The molecule has 0 saturated heterocycles. The van der Waals surface area contributed by atoms with Gasteiger partial charge in [-0.3, -0.25) is 0 Å². The number of benzene rings is 2. The molecule has 3 rings (SSSR count). The molecule has 0 bridgehead atoms. The number of hydrogen-bond acceptors (Lipinski definition) is 3. The van der Waals surface area contributed by atoms with Gasteiger partial charge in [-0.2, -0.15) is 0 Å². The number of anilines is 3. The van der Waals surface area contributed by atoms with E-state index in [-0.39, 0.29) is 38.4 Å². The largest absolute Gasteiger partial charge is 0.396 e. The second-order valence-corrected chi connectivity index (χ2v) is 8.20. The van der Waals surface area contributed by atoms with Crippen LogP contribution in [0.4, 0.5) is 30.2 Å². The lowest BCUT2D eigenvalue weighted by molar-refractivity contribution is 0.589. The highest BCUT2D eigenvalue weighted by molar-refractivity contribution is 6.32. The van der Waals surface area contributed by atoms with Crippen LogP contribution in [0.25, 0.3) is 5.70 Å². The van der Waals surface area contributed by atoms with E-state index in [4.69, 9.17) is 28.9 Å². The molecule has 0 amide bonds. The van der Waals surface area contributed by atoms with Crippen molar-refractivity contribution in [1.29, 1.82) is 0 Å². The molecular weight excluding hydrogens is 410 g/mol. The summed E-state index contributed by atoms with van der Waals surface area (Å²) in [5.41, 5.74) is 6.46. The molecule has 8 heteroatoms. The molecule has 1 saturated carbocycles. The van der Waals surface area contributed by atoms with Crippen molar-refractivity contribution in [3.05, 3.63) is 71.2 Å². The van der Waals surface area contributed by atoms with Crippen molar-refractivity contribution in [3.63, 3.8) is 0 Å². The minimum absolute atomic E-state index is 0.0639. The molecule has 3 nitrogen and oxygen atoms in total. The lowest BCUT2D eigenvalue weighted by atomic mass is 10.1. The van der Waals surface area contributed by atoms with Crippen molar-refractivity contribution in [2.45, 2.75) is 18.2 Å². The number of rotatable bonds is 6. The Bertz CT molecular complexity index is 989. The summed E-state index contributed by atoms with van der Waals surface area (Å²) in [6, 6.07) is 4.49. The number of halogens is 5. The summed E-state index contributed by atoms with van der Waals surface area (Å²) in [4.78, 5) is -0.358. The van der Waals surface area contributed by atoms with E-state index in [0.29, 0.717) is 17.5 Å². The second-order valence-electron chi connectivity index (χ2n) is 6.96. The fraction of sp³-hybridized carbons (Fsp3) is 0.200. The van der Waals surface area contributed by atoms with Crippen LogP contribution in [0.5, 0.6) is 0 Å². The van der Waals surface area contributed by atoms with Gasteiger partial charge in [0.2, 0.25) is 0 Å². The van der Waals surface area contributed by atoms with Gasteiger partial charge in [-0.1, -0.05) is 24.8 Å². The van der Waals surface area contributed by atoms with Crippen molar-refractivity contribution in [3.8, 4) is 0 Å². The quantitative estimate of drug-likeness (QED) is 0.371. The Kier molecular flexibility index (Phi) is 5.30. The van der Waals surface area contributed by atoms with Gasteiger partial charge >= 0.3 is 0 Å². The third kappa shape index (κ3) is 4.08. The van der Waals surface area contributed by atoms with Gasteiger partial charge in [0.15, 0.2) is 0 Å². The summed E-state index contributed by atoms with van der Waals surface area (Å²) in [7, 11) is 0. The topological polar surface area (TPSA) is 50.1 Å². The summed E-state index contributed by atoms with van der Waals surface area (Å²) < 4.78 is 41.6. The van der Waals surface area contributed by atoms with Crippen LogP contribution in [-0.2, 0) is 0 Å². The third-order valence-corrected chi connectivity index (χ3v) is 5.42. The van der Waals surface area contributed by atoms with Crippen molar-refractivity contribution in [1.82, 2.24) is 0 Å². The van der Waals surface area contributed by atoms with Crippen LogP contribution in [0.3, 0.4) is 0 Å². The van der Waals surface area contributed by atoms with E-state index in [0.717, 1.165) is 12.5 Å². The minimum atomic E-state index is -0.881. The van der Waals surface area contributed by atoms with Crippen LogP contribution >= 0.6 is 23.2 Å². The van der Waals surface area contributed by atoms with E-state index in [1.54, 1.807) is 6.07 Å². The molecule has 2 atom stereocenters. The molecule has 1 aliphatic rings. The summed E-state index contributed by atoms with van der Waals surface area (Å²) in [5.74, 6) is -2.38. The number of nitrogens with two attached hydrogens (primary N) is 1. The third-order valence-electron chi connectivity index (χ3n) is 4.62. The van der Waals surface area contributed by atoms with E-state index in [9.17, 15) is 13.2 Å². The summed E-state index contributed by atoms with van der Waals surface area (Å²) in [6.07, 6.45) is 0.767. The Hall–Kier alpha value is -2.31. The van der Waals surface area contributed by atoms with Gasteiger partial charge in [-0.25, -0.2) is 13.2 Å². The summed E-state index contributed by atoms with van der Waals surface area (Å²) in [5, 5.41) is 5.48. The fourth-order valence-electron chi connectivity index (χ4n) is 2.87. The number of nitrogens with one attached hydrogen (secondary N) is 2. The van der Waals surface area contributed by atoms with Crippen LogP contribution < -0.4 is 16.4 Å². The smallest absolute Gasteiger partial charge is 0.149 e. The standard InChI is InChI=1S/C20H18Cl2F3N3/c1-9(28-18-7-17(26)14(23)6-15(18)24)12-4-11(5-16(25)19(12)21)27-10(2)13-8-20(13,3)22/h4-7,13,27-28H,1-2,8,26H2,3H3. The normalized spacial score (nSPS) is 20.6. The first-order valence-electron chi connectivity index (χ1n) is 8.34. The van der Waals surface area contributed by atoms with Gasteiger partial charge in [0.05, 0.1) is 21.3 Å². The highest BCUT2D eigenvalue weighted by Crippen LogP contribution is 2.52. The molecule has 4 N–H and O–H groups in total. The Morgan fingerprint density at radius 3 is 2.36 bits per heavy atom. The first-order valence-corrected chi connectivity index (χ1v) is 9.10.